The Kier molecular flexibility index (Phi) is 6.11. The molecule has 10 heteroatoms. The third-order valence-electron chi connectivity index (χ3n) is 5.56. The smallest absolute Gasteiger partial charge is 0.416 e. The van der Waals surface area contributed by atoms with Crippen molar-refractivity contribution >= 4 is 23.2 Å². The van der Waals surface area contributed by atoms with Crippen LogP contribution in [-0.4, -0.2) is 39.0 Å². The van der Waals surface area contributed by atoms with E-state index in [2.05, 4.69) is 4.98 Å². The Morgan fingerprint density at radius 1 is 1.09 bits per heavy atom. The Balaban J connectivity index is 1.49. The van der Waals surface area contributed by atoms with Crippen LogP contribution in [0.25, 0.3) is 11.3 Å². The van der Waals surface area contributed by atoms with Gasteiger partial charge in [0.05, 0.1) is 11.3 Å². The van der Waals surface area contributed by atoms with Crippen molar-refractivity contribution in [2.24, 2.45) is 0 Å². The maximum Gasteiger partial charge on any atom is 0.416 e. The van der Waals surface area contributed by atoms with Crippen molar-refractivity contribution in [2.45, 2.75) is 38.6 Å². The molecule has 0 saturated heterocycles. The molecule has 1 aliphatic heterocycles. The Bertz CT molecular complexity index is 1240. The molecule has 1 aliphatic rings. The SMILES string of the molecule is CC(C)(Oc1ccc2c(c1)CN(C(=O)c1nc(-c3ccc(C(F)(F)F)cc3)cs1)CC2)C(=O)O. The third kappa shape index (κ3) is 4.91. The van der Waals surface area contributed by atoms with Crippen molar-refractivity contribution in [1.82, 2.24) is 9.88 Å². The molecule has 34 heavy (non-hydrogen) atoms. The number of carboxylic acids is 1. The second-order valence-corrected chi connectivity index (χ2v) is 9.30. The third-order valence-corrected chi connectivity index (χ3v) is 6.39. The first-order valence-corrected chi connectivity index (χ1v) is 11.3. The van der Waals surface area contributed by atoms with Gasteiger partial charge in [-0.25, -0.2) is 9.78 Å². The van der Waals surface area contributed by atoms with Crippen LogP contribution >= 0.6 is 11.3 Å². The Hall–Kier alpha value is -3.40. The molecule has 2 heterocycles. The number of aromatic nitrogens is 1. The molecule has 0 aliphatic carbocycles. The Morgan fingerprint density at radius 2 is 1.79 bits per heavy atom. The normalized spacial score (nSPS) is 14.0. The lowest BCUT2D eigenvalue weighted by atomic mass is 9.99. The van der Waals surface area contributed by atoms with Gasteiger partial charge in [-0.2, -0.15) is 13.2 Å². The summed E-state index contributed by atoms with van der Waals surface area (Å²) in [6.45, 7) is 3.72. The van der Waals surface area contributed by atoms with E-state index in [9.17, 15) is 27.9 Å². The molecule has 1 amide bonds. The van der Waals surface area contributed by atoms with E-state index in [1.807, 2.05) is 6.07 Å². The summed E-state index contributed by atoms with van der Waals surface area (Å²) < 4.78 is 44.0. The highest BCUT2D eigenvalue weighted by atomic mass is 32.1. The summed E-state index contributed by atoms with van der Waals surface area (Å²) in [7, 11) is 0. The van der Waals surface area contributed by atoms with Gasteiger partial charge in [0.25, 0.3) is 5.91 Å². The number of halogens is 3. The van der Waals surface area contributed by atoms with Crippen LogP contribution in [0.4, 0.5) is 13.2 Å². The minimum atomic E-state index is -4.42. The molecule has 1 aromatic heterocycles. The lowest BCUT2D eigenvalue weighted by Gasteiger charge is -2.29. The van der Waals surface area contributed by atoms with Crippen LogP contribution in [0.2, 0.25) is 0 Å². The second-order valence-electron chi connectivity index (χ2n) is 8.44. The van der Waals surface area contributed by atoms with E-state index in [0.29, 0.717) is 36.5 Å². The van der Waals surface area contributed by atoms with Gasteiger partial charge in [0.15, 0.2) is 10.6 Å². The molecule has 6 nitrogen and oxygen atoms in total. The fourth-order valence-electron chi connectivity index (χ4n) is 3.58. The lowest BCUT2D eigenvalue weighted by Crippen LogP contribution is -2.38. The quantitative estimate of drug-likeness (QED) is 0.527. The molecule has 0 saturated carbocycles. The summed E-state index contributed by atoms with van der Waals surface area (Å²) >= 11 is 1.14. The maximum absolute atomic E-state index is 13.1. The first-order chi connectivity index (χ1) is 15.9. The number of hydrogen-bond donors (Lipinski definition) is 1. The number of benzene rings is 2. The average Bonchev–Trinajstić information content (AvgIpc) is 3.27. The van der Waals surface area contributed by atoms with Crippen LogP contribution in [0.15, 0.2) is 47.8 Å². The number of amides is 1. The molecule has 0 unspecified atom stereocenters. The molecule has 2 aromatic carbocycles. The molecule has 0 spiro atoms. The monoisotopic (exact) mass is 490 g/mol. The molecule has 0 fully saturated rings. The van der Waals surface area contributed by atoms with Gasteiger partial charge in [-0.05, 0) is 55.7 Å². The van der Waals surface area contributed by atoms with Crippen LogP contribution in [0, 0.1) is 0 Å². The zero-order valence-electron chi connectivity index (χ0n) is 18.3. The molecule has 1 N–H and O–H groups in total. The van der Waals surface area contributed by atoms with E-state index in [0.717, 1.165) is 34.6 Å². The van der Waals surface area contributed by atoms with E-state index in [1.54, 1.807) is 22.4 Å². The minimum Gasteiger partial charge on any atom is -0.478 e. The summed E-state index contributed by atoms with van der Waals surface area (Å²) in [5, 5.41) is 11.2. The number of aliphatic carboxylic acids is 1. The van der Waals surface area contributed by atoms with Crippen LogP contribution < -0.4 is 4.74 Å². The lowest BCUT2D eigenvalue weighted by molar-refractivity contribution is -0.152. The van der Waals surface area contributed by atoms with Crippen LogP contribution in [0.3, 0.4) is 0 Å². The van der Waals surface area contributed by atoms with E-state index in [4.69, 9.17) is 4.74 Å². The van der Waals surface area contributed by atoms with Gasteiger partial charge in [-0.3, -0.25) is 4.79 Å². The van der Waals surface area contributed by atoms with Crippen molar-refractivity contribution in [3.63, 3.8) is 0 Å². The number of fused-ring (bicyclic) bond motifs is 1. The molecule has 0 bridgehead atoms. The number of carbonyl (C=O) groups excluding carboxylic acids is 1. The standard InChI is InChI=1S/C24H21F3N2O4S/c1-23(2,22(31)32)33-18-8-5-14-9-10-29(12-16(14)11-18)21(30)20-28-19(13-34-20)15-3-6-17(7-4-15)24(25,26)27/h3-8,11,13H,9-10,12H2,1-2H3,(H,31,32). The Morgan fingerprint density at radius 3 is 2.44 bits per heavy atom. The van der Waals surface area contributed by atoms with E-state index in [1.165, 1.54) is 26.0 Å². The molecule has 4 rings (SSSR count). The highest BCUT2D eigenvalue weighted by molar-refractivity contribution is 7.12. The van der Waals surface area contributed by atoms with Crippen LogP contribution in [-0.2, 0) is 23.9 Å². The van der Waals surface area contributed by atoms with Crippen LogP contribution in [0.5, 0.6) is 5.75 Å². The summed E-state index contributed by atoms with van der Waals surface area (Å²) in [6, 6.07) is 9.99. The predicted octanol–water partition coefficient (Wildman–Crippen LogP) is 5.27. The van der Waals surface area contributed by atoms with Crippen molar-refractivity contribution in [3.8, 4) is 17.0 Å². The fourth-order valence-corrected chi connectivity index (χ4v) is 4.37. The van der Waals surface area contributed by atoms with Crippen LogP contribution in [0.1, 0.15) is 40.3 Å². The molecule has 0 atom stereocenters. The molecular weight excluding hydrogens is 469 g/mol. The van der Waals surface area contributed by atoms with Crippen molar-refractivity contribution in [1.29, 1.82) is 0 Å². The zero-order chi connectivity index (χ0) is 24.7. The van der Waals surface area contributed by atoms with Gasteiger partial charge in [0.2, 0.25) is 0 Å². The molecule has 178 valence electrons. The number of alkyl halides is 3. The van der Waals surface area contributed by atoms with Gasteiger partial charge >= 0.3 is 12.1 Å². The van der Waals surface area contributed by atoms with Crippen molar-refractivity contribution in [2.75, 3.05) is 6.54 Å². The summed E-state index contributed by atoms with van der Waals surface area (Å²) in [6.07, 6.45) is -3.79. The number of nitrogens with zero attached hydrogens (tertiary/aromatic N) is 2. The van der Waals surface area contributed by atoms with E-state index in [-0.39, 0.29) is 10.9 Å². The average molecular weight is 491 g/mol. The number of carbonyl (C=O) groups is 2. The van der Waals surface area contributed by atoms with Crippen molar-refractivity contribution in [3.05, 3.63) is 69.5 Å². The first kappa shape index (κ1) is 23.7. The highest BCUT2D eigenvalue weighted by Crippen LogP contribution is 2.32. The maximum atomic E-state index is 13.1. The summed E-state index contributed by atoms with van der Waals surface area (Å²) in [5.41, 5.74) is 0.701. The molecular formula is C24H21F3N2O4S. The van der Waals surface area contributed by atoms with E-state index < -0.39 is 23.3 Å². The number of hydrogen-bond acceptors (Lipinski definition) is 5. The topological polar surface area (TPSA) is 79.7 Å². The number of ether oxygens (including phenoxy) is 1. The highest BCUT2D eigenvalue weighted by Gasteiger charge is 2.31. The van der Waals surface area contributed by atoms with Crippen molar-refractivity contribution < 1.29 is 32.6 Å². The predicted molar refractivity (Wildman–Crippen MR) is 120 cm³/mol. The fraction of sp³-hybridized carbons (Fsp3) is 0.292. The van der Waals surface area contributed by atoms with Gasteiger partial charge in [0.1, 0.15) is 5.75 Å². The molecule has 0 radical (unpaired) electrons. The zero-order valence-corrected chi connectivity index (χ0v) is 19.2. The minimum absolute atomic E-state index is 0.248. The molecule has 3 aromatic rings. The second kappa shape index (κ2) is 8.75. The summed E-state index contributed by atoms with van der Waals surface area (Å²) in [5.74, 6) is -0.958. The largest absolute Gasteiger partial charge is 0.478 e. The summed E-state index contributed by atoms with van der Waals surface area (Å²) in [4.78, 5) is 30.4. The van der Waals surface area contributed by atoms with Gasteiger partial charge in [0, 0.05) is 24.0 Å². The van der Waals surface area contributed by atoms with Gasteiger partial charge < -0.3 is 14.7 Å². The van der Waals surface area contributed by atoms with Gasteiger partial charge in [-0.1, -0.05) is 18.2 Å². The van der Waals surface area contributed by atoms with Gasteiger partial charge in [-0.15, -0.1) is 11.3 Å². The Labute approximate surface area is 197 Å². The number of thiazole rings is 1. The number of rotatable bonds is 5. The first-order valence-electron chi connectivity index (χ1n) is 10.4. The van der Waals surface area contributed by atoms with E-state index >= 15 is 0 Å². The number of carboxylic acid groups (broad SMARTS) is 1.